The number of aromatic nitrogens is 2. The SMILES string of the molecule is O=c1cc(C2CCCC2)nc(Br)[nH]1. The third-order valence-corrected chi connectivity index (χ3v) is 2.88. The molecule has 0 saturated heterocycles. The molecule has 0 spiro atoms. The zero-order valence-corrected chi connectivity index (χ0v) is 8.80. The van der Waals surface area contributed by atoms with Crippen molar-refractivity contribution in [2.45, 2.75) is 31.6 Å². The second-order valence-corrected chi connectivity index (χ2v) is 4.19. The summed E-state index contributed by atoms with van der Waals surface area (Å²) in [7, 11) is 0. The summed E-state index contributed by atoms with van der Waals surface area (Å²) >= 11 is 3.19. The Morgan fingerprint density at radius 1 is 1.46 bits per heavy atom. The first-order valence-electron chi connectivity index (χ1n) is 4.52. The van der Waals surface area contributed by atoms with E-state index in [1.807, 2.05) is 0 Å². The zero-order chi connectivity index (χ0) is 9.26. The third kappa shape index (κ3) is 1.99. The fourth-order valence-corrected chi connectivity index (χ4v) is 2.28. The molecule has 0 amide bonds. The van der Waals surface area contributed by atoms with Gasteiger partial charge in [0.1, 0.15) is 0 Å². The molecule has 1 aliphatic carbocycles. The molecule has 1 aliphatic rings. The lowest BCUT2D eigenvalue weighted by molar-refractivity contribution is 0.688. The molecular formula is C9H11BrN2O. The molecule has 0 atom stereocenters. The van der Waals surface area contributed by atoms with Gasteiger partial charge in [0.25, 0.3) is 5.56 Å². The van der Waals surface area contributed by atoms with E-state index in [0.717, 1.165) is 5.69 Å². The number of rotatable bonds is 1. The lowest BCUT2D eigenvalue weighted by Gasteiger charge is -2.06. The van der Waals surface area contributed by atoms with Crippen LogP contribution in [0.4, 0.5) is 0 Å². The van der Waals surface area contributed by atoms with Crippen LogP contribution in [0.15, 0.2) is 15.6 Å². The van der Waals surface area contributed by atoms with Crippen molar-refractivity contribution in [2.24, 2.45) is 0 Å². The maximum atomic E-state index is 11.1. The Morgan fingerprint density at radius 3 is 2.77 bits per heavy atom. The fraction of sp³-hybridized carbons (Fsp3) is 0.556. The van der Waals surface area contributed by atoms with Gasteiger partial charge < -0.3 is 4.98 Å². The number of hydrogen-bond acceptors (Lipinski definition) is 2. The second-order valence-electron chi connectivity index (χ2n) is 3.44. The maximum absolute atomic E-state index is 11.1. The number of hydrogen-bond donors (Lipinski definition) is 1. The molecule has 1 aromatic heterocycles. The van der Waals surface area contributed by atoms with E-state index < -0.39 is 0 Å². The van der Waals surface area contributed by atoms with Crippen LogP contribution in [0.1, 0.15) is 37.3 Å². The summed E-state index contributed by atoms with van der Waals surface area (Å²) in [4.78, 5) is 18.0. The van der Waals surface area contributed by atoms with Gasteiger partial charge in [-0.1, -0.05) is 12.8 Å². The van der Waals surface area contributed by atoms with Crippen molar-refractivity contribution < 1.29 is 0 Å². The van der Waals surface area contributed by atoms with E-state index in [1.54, 1.807) is 6.07 Å². The lowest BCUT2D eigenvalue weighted by Crippen LogP contribution is -2.10. The summed E-state index contributed by atoms with van der Waals surface area (Å²) in [5, 5.41) is 0. The van der Waals surface area contributed by atoms with Crippen molar-refractivity contribution >= 4 is 15.9 Å². The van der Waals surface area contributed by atoms with Crippen LogP contribution in [-0.2, 0) is 0 Å². The summed E-state index contributed by atoms with van der Waals surface area (Å²) in [6.07, 6.45) is 4.86. The Kier molecular flexibility index (Phi) is 2.49. The molecule has 70 valence electrons. The van der Waals surface area contributed by atoms with Gasteiger partial charge in [0.2, 0.25) is 0 Å². The number of aromatic amines is 1. The molecule has 4 heteroatoms. The highest BCUT2D eigenvalue weighted by atomic mass is 79.9. The predicted octanol–water partition coefficient (Wildman–Crippen LogP) is 2.19. The van der Waals surface area contributed by atoms with Crippen molar-refractivity contribution in [1.82, 2.24) is 9.97 Å². The van der Waals surface area contributed by atoms with Gasteiger partial charge in [-0.2, -0.15) is 0 Å². The van der Waals surface area contributed by atoms with Gasteiger partial charge in [0.15, 0.2) is 4.73 Å². The predicted molar refractivity (Wildman–Crippen MR) is 53.8 cm³/mol. The minimum atomic E-state index is -0.0659. The normalized spacial score (nSPS) is 17.9. The van der Waals surface area contributed by atoms with Crippen LogP contribution in [0, 0.1) is 0 Å². The molecule has 0 aliphatic heterocycles. The van der Waals surface area contributed by atoms with E-state index in [2.05, 4.69) is 25.9 Å². The number of nitrogens with zero attached hydrogens (tertiary/aromatic N) is 1. The molecule has 0 bridgehead atoms. The molecule has 1 saturated carbocycles. The van der Waals surface area contributed by atoms with Crippen LogP contribution >= 0.6 is 15.9 Å². The molecule has 0 radical (unpaired) electrons. The average molecular weight is 243 g/mol. The van der Waals surface area contributed by atoms with Gasteiger partial charge in [0, 0.05) is 12.0 Å². The lowest BCUT2D eigenvalue weighted by atomic mass is 10.0. The van der Waals surface area contributed by atoms with Crippen LogP contribution < -0.4 is 5.56 Å². The molecule has 1 N–H and O–H groups in total. The van der Waals surface area contributed by atoms with E-state index in [-0.39, 0.29) is 5.56 Å². The van der Waals surface area contributed by atoms with Gasteiger partial charge in [-0.15, -0.1) is 0 Å². The molecule has 2 rings (SSSR count). The van der Waals surface area contributed by atoms with Crippen molar-refractivity contribution in [3.8, 4) is 0 Å². The van der Waals surface area contributed by atoms with Crippen LogP contribution in [0.25, 0.3) is 0 Å². The zero-order valence-electron chi connectivity index (χ0n) is 7.22. The summed E-state index contributed by atoms with van der Waals surface area (Å²) in [5.74, 6) is 0.499. The highest BCUT2D eigenvalue weighted by Gasteiger charge is 2.18. The molecular weight excluding hydrogens is 232 g/mol. The van der Waals surface area contributed by atoms with Gasteiger partial charge >= 0.3 is 0 Å². The largest absolute Gasteiger partial charge is 0.301 e. The number of halogens is 1. The van der Waals surface area contributed by atoms with Crippen LogP contribution in [0.3, 0.4) is 0 Å². The minimum Gasteiger partial charge on any atom is -0.301 e. The molecule has 3 nitrogen and oxygen atoms in total. The molecule has 1 heterocycles. The fourth-order valence-electron chi connectivity index (χ4n) is 1.88. The first-order chi connectivity index (χ1) is 6.25. The van der Waals surface area contributed by atoms with Crippen molar-refractivity contribution in [1.29, 1.82) is 0 Å². The number of nitrogens with one attached hydrogen (secondary N) is 1. The Bertz CT molecular complexity index is 355. The summed E-state index contributed by atoms with van der Waals surface area (Å²) < 4.78 is 0.543. The first-order valence-corrected chi connectivity index (χ1v) is 5.32. The molecule has 1 aromatic rings. The minimum absolute atomic E-state index is 0.0659. The Balaban J connectivity index is 2.33. The monoisotopic (exact) mass is 242 g/mol. The van der Waals surface area contributed by atoms with Crippen molar-refractivity contribution in [2.75, 3.05) is 0 Å². The van der Waals surface area contributed by atoms with Crippen LogP contribution in [0.5, 0.6) is 0 Å². The molecule has 13 heavy (non-hydrogen) atoms. The first kappa shape index (κ1) is 8.94. The van der Waals surface area contributed by atoms with E-state index >= 15 is 0 Å². The standard InChI is InChI=1S/C9H11BrN2O/c10-9-11-7(5-8(13)12-9)6-3-1-2-4-6/h5-6H,1-4H2,(H,11,12,13). The van der Waals surface area contributed by atoms with Crippen LogP contribution in [0.2, 0.25) is 0 Å². The van der Waals surface area contributed by atoms with Crippen molar-refractivity contribution in [3.05, 3.63) is 26.8 Å². The van der Waals surface area contributed by atoms with Gasteiger partial charge in [-0.05, 0) is 28.8 Å². The quantitative estimate of drug-likeness (QED) is 0.768. The highest BCUT2D eigenvalue weighted by molar-refractivity contribution is 9.10. The van der Waals surface area contributed by atoms with Gasteiger partial charge in [0.05, 0.1) is 5.69 Å². The molecule has 0 unspecified atom stereocenters. The van der Waals surface area contributed by atoms with E-state index in [9.17, 15) is 4.79 Å². The highest BCUT2D eigenvalue weighted by Crippen LogP contribution is 2.32. The summed E-state index contributed by atoms with van der Waals surface area (Å²) in [6.45, 7) is 0. The van der Waals surface area contributed by atoms with Gasteiger partial charge in [-0.25, -0.2) is 4.98 Å². The third-order valence-electron chi connectivity index (χ3n) is 2.51. The second kappa shape index (κ2) is 3.62. The van der Waals surface area contributed by atoms with E-state index in [1.165, 1.54) is 25.7 Å². The van der Waals surface area contributed by atoms with E-state index in [4.69, 9.17) is 0 Å². The Labute approximate surface area is 84.7 Å². The Morgan fingerprint density at radius 2 is 2.15 bits per heavy atom. The number of H-pyrrole nitrogens is 1. The van der Waals surface area contributed by atoms with E-state index in [0.29, 0.717) is 10.7 Å². The summed E-state index contributed by atoms with van der Waals surface area (Å²) in [5.41, 5.74) is 0.872. The molecule has 0 aromatic carbocycles. The summed E-state index contributed by atoms with van der Waals surface area (Å²) in [6, 6.07) is 1.61. The average Bonchev–Trinajstić information content (AvgIpc) is 2.53. The molecule has 1 fully saturated rings. The smallest absolute Gasteiger partial charge is 0.251 e. The topological polar surface area (TPSA) is 45.8 Å². The van der Waals surface area contributed by atoms with Gasteiger partial charge in [-0.3, -0.25) is 4.79 Å². The Hall–Kier alpha value is -0.640. The maximum Gasteiger partial charge on any atom is 0.251 e. The van der Waals surface area contributed by atoms with Crippen molar-refractivity contribution in [3.63, 3.8) is 0 Å². The van der Waals surface area contributed by atoms with Crippen LogP contribution in [-0.4, -0.2) is 9.97 Å².